The average Bonchev–Trinajstić information content (AvgIpc) is 3.32. The molecule has 0 saturated carbocycles. The summed E-state index contributed by atoms with van der Waals surface area (Å²) in [4.78, 5) is 4.79. The van der Waals surface area contributed by atoms with Gasteiger partial charge >= 0.3 is 0 Å². The van der Waals surface area contributed by atoms with Crippen LogP contribution in [0.5, 0.6) is 11.5 Å². The van der Waals surface area contributed by atoms with E-state index in [0.717, 1.165) is 5.56 Å². The second-order valence-electron chi connectivity index (χ2n) is 8.12. The first-order valence-electron chi connectivity index (χ1n) is 11.0. The number of hydrogen-bond acceptors (Lipinski definition) is 9. The van der Waals surface area contributed by atoms with Crippen molar-refractivity contribution in [1.82, 2.24) is 9.29 Å². The van der Waals surface area contributed by atoms with Crippen LogP contribution < -0.4 is 14.9 Å². The number of hydrogen-bond donors (Lipinski definition) is 1. The van der Waals surface area contributed by atoms with Crippen molar-refractivity contribution >= 4 is 32.7 Å². The third-order valence-electron chi connectivity index (χ3n) is 5.46. The van der Waals surface area contributed by atoms with Gasteiger partial charge in [0.15, 0.2) is 0 Å². The topological polar surface area (TPSA) is 102 Å². The summed E-state index contributed by atoms with van der Waals surface area (Å²) in [5.41, 5.74) is 5.07. The lowest BCUT2D eigenvalue weighted by atomic mass is 10.2. The van der Waals surface area contributed by atoms with Crippen LogP contribution >= 0.6 is 11.3 Å². The second-order valence-corrected chi connectivity index (χ2v) is 10.9. The first-order chi connectivity index (χ1) is 16.8. The number of methoxy groups -OCH3 is 2. The molecule has 4 rings (SSSR count). The van der Waals surface area contributed by atoms with Crippen molar-refractivity contribution < 1.29 is 22.6 Å². The number of benzene rings is 2. The molecule has 186 valence electrons. The maximum Gasteiger partial charge on any atom is 0.243 e. The summed E-state index contributed by atoms with van der Waals surface area (Å²) in [5, 5.41) is 6.69. The molecule has 0 unspecified atom stereocenters. The minimum atomic E-state index is -3.64. The average molecular weight is 517 g/mol. The van der Waals surface area contributed by atoms with Crippen LogP contribution in [0, 0.1) is 0 Å². The van der Waals surface area contributed by atoms with Crippen LogP contribution in [-0.4, -0.2) is 63.4 Å². The molecule has 1 aromatic heterocycles. The molecule has 1 aliphatic rings. The Morgan fingerprint density at radius 3 is 2.63 bits per heavy atom. The lowest BCUT2D eigenvalue weighted by Crippen LogP contribution is -2.48. The fraction of sp³-hybridized carbons (Fsp3) is 0.333. The summed E-state index contributed by atoms with van der Waals surface area (Å²) < 4.78 is 44.2. The zero-order valence-corrected chi connectivity index (χ0v) is 21.6. The highest BCUT2D eigenvalue weighted by atomic mass is 32.2. The number of thiazole rings is 1. The molecular formula is C24H28N4O5S2. The van der Waals surface area contributed by atoms with E-state index < -0.39 is 10.0 Å². The molecule has 2 atom stereocenters. The summed E-state index contributed by atoms with van der Waals surface area (Å²) >= 11 is 1.37. The summed E-state index contributed by atoms with van der Waals surface area (Å²) in [6.45, 7) is 4.43. The van der Waals surface area contributed by atoms with Gasteiger partial charge in [-0.05, 0) is 38.1 Å². The maximum atomic E-state index is 13.2. The van der Waals surface area contributed by atoms with E-state index in [4.69, 9.17) is 14.2 Å². The summed E-state index contributed by atoms with van der Waals surface area (Å²) in [6, 6.07) is 12.3. The third-order valence-corrected chi connectivity index (χ3v) is 8.04. The Morgan fingerprint density at radius 2 is 1.91 bits per heavy atom. The molecule has 9 nitrogen and oxygen atoms in total. The van der Waals surface area contributed by atoms with Gasteiger partial charge in [-0.15, -0.1) is 11.3 Å². The molecule has 11 heteroatoms. The molecule has 1 aliphatic heterocycles. The van der Waals surface area contributed by atoms with Crippen molar-refractivity contribution in [3.05, 3.63) is 53.4 Å². The molecule has 0 amide bonds. The Labute approximate surface area is 209 Å². The lowest BCUT2D eigenvalue weighted by Gasteiger charge is -2.34. The minimum Gasteiger partial charge on any atom is -0.497 e. The Balaban J connectivity index is 1.48. The molecule has 0 spiro atoms. The molecule has 2 heterocycles. The van der Waals surface area contributed by atoms with Gasteiger partial charge in [0.2, 0.25) is 15.2 Å². The second kappa shape index (κ2) is 10.7. The number of aromatic nitrogens is 1. The predicted octanol–water partition coefficient (Wildman–Crippen LogP) is 4.07. The van der Waals surface area contributed by atoms with E-state index in [2.05, 4.69) is 15.5 Å². The molecule has 2 aromatic carbocycles. The first kappa shape index (κ1) is 25.1. The smallest absolute Gasteiger partial charge is 0.243 e. The van der Waals surface area contributed by atoms with E-state index in [1.54, 1.807) is 44.7 Å². The van der Waals surface area contributed by atoms with Crippen LogP contribution in [-0.2, 0) is 14.8 Å². The van der Waals surface area contributed by atoms with Gasteiger partial charge in [0, 0.05) is 35.7 Å². The number of sulfonamides is 1. The van der Waals surface area contributed by atoms with Crippen molar-refractivity contribution in [2.24, 2.45) is 5.10 Å². The Kier molecular flexibility index (Phi) is 7.70. The molecule has 1 fully saturated rings. The first-order valence-corrected chi connectivity index (χ1v) is 13.3. The SMILES string of the molecule is COc1ccc(/C=N\Nc2nc(-c3cccc(S(=O)(=O)N4C[C@@H](C)O[C@H](C)C4)c3)cs2)c(OC)c1. The van der Waals surface area contributed by atoms with Crippen LogP contribution in [0.4, 0.5) is 5.13 Å². The zero-order valence-electron chi connectivity index (χ0n) is 20.0. The van der Waals surface area contributed by atoms with Gasteiger partial charge in [-0.1, -0.05) is 12.1 Å². The molecule has 0 radical (unpaired) electrons. The number of ether oxygens (including phenoxy) is 3. The molecule has 0 bridgehead atoms. The quantitative estimate of drug-likeness (QED) is 0.356. The van der Waals surface area contributed by atoms with E-state index >= 15 is 0 Å². The molecular weight excluding hydrogens is 488 g/mol. The zero-order chi connectivity index (χ0) is 25.0. The maximum absolute atomic E-state index is 13.2. The van der Waals surface area contributed by atoms with Gasteiger partial charge in [0.05, 0.1) is 43.2 Å². The van der Waals surface area contributed by atoms with Gasteiger partial charge in [0.25, 0.3) is 0 Å². The molecule has 1 N–H and O–H groups in total. The van der Waals surface area contributed by atoms with Crippen LogP contribution in [0.2, 0.25) is 0 Å². The van der Waals surface area contributed by atoms with Crippen molar-refractivity contribution in [3.8, 4) is 22.8 Å². The largest absolute Gasteiger partial charge is 0.497 e. The number of nitrogens with one attached hydrogen (secondary N) is 1. The van der Waals surface area contributed by atoms with Crippen LogP contribution in [0.25, 0.3) is 11.3 Å². The van der Waals surface area contributed by atoms with Gasteiger partial charge < -0.3 is 14.2 Å². The fourth-order valence-electron chi connectivity index (χ4n) is 3.83. The van der Waals surface area contributed by atoms with E-state index in [-0.39, 0.29) is 17.1 Å². The Morgan fingerprint density at radius 1 is 1.14 bits per heavy atom. The van der Waals surface area contributed by atoms with Crippen molar-refractivity contribution in [3.63, 3.8) is 0 Å². The highest BCUT2D eigenvalue weighted by Gasteiger charge is 2.32. The fourth-order valence-corrected chi connectivity index (χ4v) is 6.14. The third kappa shape index (κ3) is 5.81. The normalized spacial score (nSPS) is 19.1. The van der Waals surface area contributed by atoms with Crippen molar-refractivity contribution in [1.29, 1.82) is 0 Å². The van der Waals surface area contributed by atoms with Crippen molar-refractivity contribution in [2.45, 2.75) is 31.0 Å². The van der Waals surface area contributed by atoms with Gasteiger partial charge in [-0.25, -0.2) is 13.4 Å². The molecule has 0 aliphatic carbocycles. The van der Waals surface area contributed by atoms with E-state index in [1.807, 2.05) is 37.4 Å². The van der Waals surface area contributed by atoms with Gasteiger partial charge in [-0.2, -0.15) is 9.41 Å². The van der Waals surface area contributed by atoms with Gasteiger partial charge in [-0.3, -0.25) is 5.43 Å². The highest BCUT2D eigenvalue weighted by Crippen LogP contribution is 2.29. The standard InChI is InChI=1S/C24H28N4O5S2/c1-16-13-28(14-17(2)33-16)35(29,30)21-7-5-6-18(10-21)22-15-34-24(26-22)27-25-12-19-8-9-20(31-3)11-23(19)32-4/h5-12,15-17H,13-14H2,1-4H3,(H,26,27)/b25-12-/t16-,17-/m1/s1. The summed E-state index contributed by atoms with van der Waals surface area (Å²) in [7, 11) is -0.459. The number of hydrazone groups is 1. The monoisotopic (exact) mass is 516 g/mol. The summed E-state index contributed by atoms with van der Waals surface area (Å²) in [5.74, 6) is 1.33. The molecule has 1 saturated heterocycles. The number of morpholine rings is 1. The number of anilines is 1. The van der Waals surface area contributed by atoms with Crippen LogP contribution in [0.15, 0.2) is 57.8 Å². The van der Waals surface area contributed by atoms with E-state index in [1.165, 1.54) is 15.6 Å². The lowest BCUT2D eigenvalue weighted by molar-refractivity contribution is -0.0440. The Bertz CT molecular complexity index is 1300. The van der Waals surface area contributed by atoms with Crippen molar-refractivity contribution in [2.75, 3.05) is 32.7 Å². The summed E-state index contributed by atoms with van der Waals surface area (Å²) in [6.07, 6.45) is 1.33. The van der Waals surface area contributed by atoms with E-state index in [9.17, 15) is 8.42 Å². The predicted molar refractivity (Wildman–Crippen MR) is 137 cm³/mol. The minimum absolute atomic E-state index is 0.151. The Hall–Kier alpha value is -2.99. The number of nitrogens with zero attached hydrogens (tertiary/aromatic N) is 3. The molecule has 3 aromatic rings. The molecule has 35 heavy (non-hydrogen) atoms. The van der Waals surface area contributed by atoms with Crippen LogP contribution in [0.1, 0.15) is 19.4 Å². The van der Waals surface area contributed by atoms with Gasteiger partial charge in [0.1, 0.15) is 11.5 Å². The number of rotatable bonds is 8. The van der Waals surface area contributed by atoms with Crippen LogP contribution in [0.3, 0.4) is 0 Å². The van der Waals surface area contributed by atoms with E-state index in [0.29, 0.717) is 41.0 Å². The highest BCUT2D eigenvalue weighted by molar-refractivity contribution is 7.89.